The summed E-state index contributed by atoms with van der Waals surface area (Å²) in [4.78, 5) is 0. The quantitative estimate of drug-likeness (QED) is 0.697. The second kappa shape index (κ2) is 4.39. The largest absolute Gasteiger partial charge is 0.316 e. The van der Waals surface area contributed by atoms with Crippen molar-refractivity contribution in [3.63, 3.8) is 0 Å². The molecular weight excluding hydrogens is 188 g/mol. The van der Waals surface area contributed by atoms with Gasteiger partial charge in [-0.15, -0.1) is 0 Å². The highest BCUT2D eigenvalue weighted by molar-refractivity contribution is 7.89. The Morgan fingerprint density at radius 3 is 2.69 bits per heavy atom. The van der Waals surface area contributed by atoms with Crippen LogP contribution >= 0.6 is 0 Å². The Morgan fingerprint density at radius 2 is 2.23 bits per heavy atom. The summed E-state index contributed by atoms with van der Waals surface area (Å²) < 4.78 is 24.3. The maximum Gasteiger partial charge on any atom is 0.213 e. The van der Waals surface area contributed by atoms with E-state index in [9.17, 15) is 8.42 Å². The lowest BCUT2D eigenvalue weighted by atomic mass is 10.1. The topological polar surface area (TPSA) is 49.4 Å². The summed E-state index contributed by atoms with van der Waals surface area (Å²) in [5, 5.41) is 3.23. The molecule has 1 N–H and O–H groups in total. The summed E-state index contributed by atoms with van der Waals surface area (Å²) in [6.45, 7) is 4.30. The number of rotatable bonds is 4. The lowest BCUT2D eigenvalue weighted by Crippen LogP contribution is -2.33. The molecule has 1 aliphatic heterocycles. The van der Waals surface area contributed by atoms with Crippen molar-refractivity contribution < 1.29 is 8.42 Å². The van der Waals surface area contributed by atoms with E-state index in [-0.39, 0.29) is 5.75 Å². The van der Waals surface area contributed by atoms with Crippen LogP contribution in [0.4, 0.5) is 0 Å². The molecule has 0 aliphatic carbocycles. The van der Waals surface area contributed by atoms with Gasteiger partial charge in [-0.1, -0.05) is 0 Å². The molecule has 1 saturated heterocycles. The number of nitrogens with zero attached hydrogens (tertiary/aromatic N) is 1. The first-order chi connectivity index (χ1) is 6.06. The van der Waals surface area contributed by atoms with Gasteiger partial charge in [-0.3, -0.25) is 0 Å². The fourth-order valence-corrected chi connectivity index (χ4v) is 2.45. The molecule has 0 aromatic carbocycles. The van der Waals surface area contributed by atoms with Crippen LogP contribution in [0, 0.1) is 5.92 Å². The molecule has 4 nitrogen and oxygen atoms in total. The zero-order valence-electron chi connectivity index (χ0n) is 8.28. The van der Waals surface area contributed by atoms with E-state index in [0.717, 1.165) is 19.5 Å². The van der Waals surface area contributed by atoms with Crippen LogP contribution in [0.5, 0.6) is 0 Å². The zero-order chi connectivity index (χ0) is 9.90. The number of hydrogen-bond acceptors (Lipinski definition) is 3. The number of hydrogen-bond donors (Lipinski definition) is 1. The number of nitrogens with one attached hydrogen (secondary N) is 1. The van der Waals surface area contributed by atoms with Crippen molar-refractivity contribution in [3.05, 3.63) is 0 Å². The number of sulfonamides is 1. The molecule has 1 aliphatic rings. The highest BCUT2D eigenvalue weighted by atomic mass is 32.2. The maximum atomic E-state index is 11.4. The van der Waals surface area contributed by atoms with Gasteiger partial charge in [0.1, 0.15) is 0 Å². The minimum absolute atomic E-state index is 0.198. The molecule has 0 bridgehead atoms. The Hall–Kier alpha value is -0.130. The van der Waals surface area contributed by atoms with Crippen LogP contribution in [-0.2, 0) is 10.0 Å². The van der Waals surface area contributed by atoms with Gasteiger partial charge >= 0.3 is 0 Å². The summed E-state index contributed by atoms with van der Waals surface area (Å²) in [5.74, 6) is 0.690. The van der Waals surface area contributed by atoms with Crippen LogP contribution in [0.2, 0.25) is 0 Å². The van der Waals surface area contributed by atoms with E-state index < -0.39 is 10.0 Å². The third-order valence-corrected chi connectivity index (χ3v) is 4.35. The highest BCUT2D eigenvalue weighted by Crippen LogP contribution is 2.11. The average molecular weight is 206 g/mol. The van der Waals surface area contributed by atoms with Crippen LogP contribution in [-0.4, -0.2) is 45.2 Å². The highest BCUT2D eigenvalue weighted by Gasteiger charge is 2.21. The summed E-state index contributed by atoms with van der Waals surface area (Å²) in [5.41, 5.74) is 0. The monoisotopic (exact) mass is 206 g/mol. The predicted molar refractivity (Wildman–Crippen MR) is 53.1 cm³/mol. The van der Waals surface area contributed by atoms with E-state index in [1.165, 1.54) is 4.31 Å². The Kier molecular flexibility index (Phi) is 3.70. The van der Waals surface area contributed by atoms with Gasteiger partial charge in [-0.05, 0) is 32.4 Å². The molecule has 1 fully saturated rings. The third-order valence-electron chi connectivity index (χ3n) is 2.52. The van der Waals surface area contributed by atoms with Gasteiger partial charge in [0.15, 0.2) is 0 Å². The third kappa shape index (κ3) is 2.93. The molecule has 5 heteroatoms. The molecule has 1 unspecified atom stereocenters. The second-order valence-electron chi connectivity index (χ2n) is 3.54. The van der Waals surface area contributed by atoms with Crippen molar-refractivity contribution in [3.8, 4) is 0 Å². The van der Waals surface area contributed by atoms with Crippen molar-refractivity contribution >= 4 is 10.0 Å². The van der Waals surface area contributed by atoms with Crippen molar-refractivity contribution in [1.29, 1.82) is 0 Å². The predicted octanol–water partition coefficient (Wildman–Crippen LogP) is -0.123. The molecule has 0 aromatic heterocycles. The van der Waals surface area contributed by atoms with E-state index in [0.29, 0.717) is 12.5 Å². The molecular formula is C8H18N2O2S. The van der Waals surface area contributed by atoms with Crippen LogP contribution in [0.25, 0.3) is 0 Å². The first-order valence-electron chi connectivity index (χ1n) is 4.71. The SMILES string of the molecule is CCS(=O)(=O)N(C)CC1CCNC1. The molecule has 1 heterocycles. The molecule has 0 radical (unpaired) electrons. The standard InChI is InChI=1S/C8H18N2O2S/c1-3-13(11,12)10(2)7-8-4-5-9-6-8/h8-9H,3-7H2,1-2H3. The molecule has 1 rings (SSSR count). The Balaban J connectivity index is 2.44. The van der Waals surface area contributed by atoms with E-state index >= 15 is 0 Å². The normalized spacial score (nSPS) is 24.1. The van der Waals surface area contributed by atoms with Gasteiger partial charge in [0.25, 0.3) is 0 Å². The van der Waals surface area contributed by atoms with Crippen LogP contribution < -0.4 is 5.32 Å². The smallest absolute Gasteiger partial charge is 0.213 e. The van der Waals surface area contributed by atoms with Gasteiger partial charge in [0.2, 0.25) is 10.0 Å². The van der Waals surface area contributed by atoms with Crippen LogP contribution in [0.1, 0.15) is 13.3 Å². The Labute approximate surface area is 80.4 Å². The van der Waals surface area contributed by atoms with E-state index in [2.05, 4.69) is 5.32 Å². The lowest BCUT2D eigenvalue weighted by Gasteiger charge is -2.19. The first kappa shape index (κ1) is 10.9. The average Bonchev–Trinajstić information content (AvgIpc) is 2.57. The van der Waals surface area contributed by atoms with Crippen molar-refractivity contribution in [2.75, 3.05) is 32.4 Å². The van der Waals surface area contributed by atoms with Gasteiger partial charge in [-0.2, -0.15) is 0 Å². The Bertz CT molecular complexity index is 245. The molecule has 0 amide bonds. The van der Waals surface area contributed by atoms with Gasteiger partial charge < -0.3 is 5.32 Å². The minimum Gasteiger partial charge on any atom is -0.316 e. The van der Waals surface area contributed by atoms with Crippen molar-refractivity contribution in [2.24, 2.45) is 5.92 Å². The molecule has 0 saturated carbocycles. The summed E-state index contributed by atoms with van der Waals surface area (Å²) in [7, 11) is -1.32. The second-order valence-corrected chi connectivity index (χ2v) is 5.90. The van der Waals surface area contributed by atoms with Crippen LogP contribution in [0.3, 0.4) is 0 Å². The molecule has 1 atom stereocenters. The van der Waals surface area contributed by atoms with Crippen molar-refractivity contribution in [1.82, 2.24) is 9.62 Å². The van der Waals surface area contributed by atoms with Gasteiger partial charge in [0.05, 0.1) is 5.75 Å². The first-order valence-corrected chi connectivity index (χ1v) is 6.32. The summed E-state index contributed by atoms with van der Waals surface area (Å²) in [6.07, 6.45) is 1.09. The van der Waals surface area contributed by atoms with Gasteiger partial charge in [-0.25, -0.2) is 12.7 Å². The zero-order valence-corrected chi connectivity index (χ0v) is 9.10. The fourth-order valence-electron chi connectivity index (χ4n) is 1.57. The lowest BCUT2D eigenvalue weighted by molar-refractivity contribution is 0.400. The maximum absolute atomic E-state index is 11.4. The van der Waals surface area contributed by atoms with Gasteiger partial charge in [0, 0.05) is 13.6 Å². The molecule has 0 spiro atoms. The van der Waals surface area contributed by atoms with Crippen molar-refractivity contribution in [2.45, 2.75) is 13.3 Å². The fraction of sp³-hybridized carbons (Fsp3) is 1.00. The van der Waals surface area contributed by atoms with E-state index in [4.69, 9.17) is 0 Å². The molecule has 78 valence electrons. The molecule has 0 aromatic rings. The Morgan fingerprint density at radius 1 is 1.54 bits per heavy atom. The van der Waals surface area contributed by atoms with Crippen LogP contribution in [0.15, 0.2) is 0 Å². The summed E-state index contributed by atoms with van der Waals surface area (Å²) >= 11 is 0. The van der Waals surface area contributed by atoms with E-state index in [1.807, 2.05) is 0 Å². The van der Waals surface area contributed by atoms with E-state index in [1.54, 1.807) is 14.0 Å². The molecule has 13 heavy (non-hydrogen) atoms. The minimum atomic E-state index is -2.98. The summed E-state index contributed by atoms with van der Waals surface area (Å²) in [6, 6.07) is 0.